The molecule has 2 aromatic carbocycles. The molecule has 3 N–H and O–H groups in total. The van der Waals surface area contributed by atoms with Crippen LogP contribution in [0.5, 0.6) is 0 Å². The predicted octanol–water partition coefficient (Wildman–Crippen LogP) is 2.15. The van der Waals surface area contributed by atoms with E-state index in [-0.39, 0.29) is 18.4 Å². The van der Waals surface area contributed by atoms with Gasteiger partial charge < -0.3 is 16.0 Å². The van der Waals surface area contributed by atoms with E-state index in [9.17, 15) is 9.59 Å². The summed E-state index contributed by atoms with van der Waals surface area (Å²) in [7, 11) is 0. The first kappa shape index (κ1) is 20.1. The van der Waals surface area contributed by atoms with Crippen LogP contribution in [-0.4, -0.2) is 42.4 Å². The van der Waals surface area contributed by atoms with Gasteiger partial charge in [-0.25, -0.2) is 0 Å². The van der Waals surface area contributed by atoms with Gasteiger partial charge >= 0.3 is 0 Å². The van der Waals surface area contributed by atoms with E-state index in [4.69, 9.17) is 5.73 Å². The fourth-order valence-electron chi connectivity index (χ4n) is 3.70. The van der Waals surface area contributed by atoms with Crippen molar-refractivity contribution >= 4 is 11.8 Å². The van der Waals surface area contributed by atoms with Gasteiger partial charge in [-0.3, -0.25) is 9.59 Å². The zero-order valence-corrected chi connectivity index (χ0v) is 16.2. The number of amides is 2. The quantitative estimate of drug-likeness (QED) is 0.774. The second-order valence-electron chi connectivity index (χ2n) is 7.53. The number of benzene rings is 2. The number of hydrogen-bond acceptors (Lipinski definition) is 3. The van der Waals surface area contributed by atoms with Crippen molar-refractivity contribution in [3.63, 3.8) is 0 Å². The Morgan fingerprint density at radius 1 is 0.964 bits per heavy atom. The zero-order valence-electron chi connectivity index (χ0n) is 16.2. The lowest BCUT2D eigenvalue weighted by atomic mass is 9.90. The van der Waals surface area contributed by atoms with E-state index in [1.165, 1.54) is 5.56 Å². The van der Waals surface area contributed by atoms with Gasteiger partial charge in [-0.1, -0.05) is 60.7 Å². The van der Waals surface area contributed by atoms with E-state index < -0.39 is 6.04 Å². The minimum absolute atomic E-state index is 0.0185. The van der Waals surface area contributed by atoms with Crippen molar-refractivity contribution in [2.24, 2.45) is 11.7 Å². The third-order valence-corrected chi connectivity index (χ3v) is 5.38. The van der Waals surface area contributed by atoms with Gasteiger partial charge in [0.15, 0.2) is 0 Å². The Labute approximate surface area is 166 Å². The summed E-state index contributed by atoms with van der Waals surface area (Å²) in [5, 5.41) is 2.70. The van der Waals surface area contributed by atoms with Crippen molar-refractivity contribution in [2.45, 2.75) is 31.7 Å². The molecule has 2 aromatic rings. The highest BCUT2D eigenvalue weighted by Crippen LogP contribution is 2.21. The third kappa shape index (κ3) is 5.92. The highest BCUT2D eigenvalue weighted by Gasteiger charge is 2.23. The summed E-state index contributed by atoms with van der Waals surface area (Å²) in [5.41, 5.74) is 8.33. The van der Waals surface area contributed by atoms with Crippen LogP contribution in [0.1, 0.15) is 24.0 Å². The molecule has 5 heteroatoms. The molecule has 148 valence electrons. The molecule has 1 aliphatic rings. The Morgan fingerprint density at radius 2 is 1.54 bits per heavy atom. The Morgan fingerprint density at radius 3 is 2.14 bits per heavy atom. The lowest BCUT2D eigenvalue weighted by molar-refractivity contribution is -0.134. The molecule has 1 fully saturated rings. The van der Waals surface area contributed by atoms with Crippen molar-refractivity contribution in [2.75, 3.05) is 19.6 Å². The molecule has 3 rings (SSSR count). The van der Waals surface area contributed by atoms with Gasteiger partial charge in [0.2, 0.25) is 11.8 Å². The van der Waals surface area contributed by atoms with Gasteiger partial charge in [-0.2, -0.15) is 0 Å². The number of likely N-dealkylation sites (tertiary alicyclic amines) is 1. The lowest BCUT2D eigenvalue weighted by Gasteiger charge is -2.32. The molecule has 0 saturated carbocycles. The first-order valence-corrected chi connectivity index (χ1v) is 10.0. The van der Waals surface area contributed by atoms with Gasteiger partial charge in [-0.05, 0) is 42.7 Å². The molecule has 0 bridgehead atoms. The SMILES string of the molecule is N[C@@H](Cc1ccccc1)C(=O)NCC(=O)N1CCC(Cc2ccccc2)CC1. The van der Waals surface area contributed by atoms with Gasteiger partial charge in [0.25, 0.3) is 0 Å². The lowest BCUT2D eigenvalue weighted by Crippen LogP contribution is -2.48. The summed E-state index contributed by atoms with van der Waals surface area (Å²) in [6.45, 7) is 1.52. The normalized spacial score (nSPS) is 15.8. The second-order valence-corrected chi connectivity index (χ2v) is 7.53. The summed E-state index contributed by atoms with van der Waals surface area (Å²) in [6.07, 6.45) is 3.53. The number of rotatable bonds is 7. The van der Waals surface area contributed by atoms with E-state index in [0.29, 0.717) is 12.3 Å². The maximum Gasteiger partial charge on any atom is 0.241 e. The van der Waals surface area contributed by atoms with Crippen molar-refractivity contribution in [3.05, 3.63) is 71.8 Å². The second kappa shape index (κ2) is 10.0. The summed E-state index contributed by atoms with van der Waals surface area (Å²) in [5.74, 6) is 0.301. The molecule has 2 amide bonds. The predicted molar refractivity (Wildman–Crippen MR) is 111 cm³/mol. The third-order valence-electron chi connectivity index (χ3n) is 5.38. The van der Waals surface area contributed by atoms with Crippen molar-refractivity contribution in [1.29, 1.82) is 0 Å². The number of carbonyl (C=O) groups excluding carboxylic acids is 2. The van der Waals surface area contributed by atoms with Crippen LogP contribution in [0.15, 0.2) is 60.7 Å². The zero-order chi connectivity index (χ0) is 19.8. The Hall–Kier alpha value is -2.66. The molecule has 1 saturated heterocycles. The molecular weight excluding hydrogens is 350 g/mol. The highest BCUT2D eigenvalue weighted by molar-refractivity contribution is 5.87. The van der Waals surface area contributed by atoms with Gasteiger partial charge in [0.05, 0.1) is 12.6 Å². The van der Waals surface area contributed by atoms with Crippen LogP contribution >= 0.6 is 0 Å². The standard InChI is InChI=1S/C23H29N3O2/c24-21(16-19-9-5-2-6-10-19)23(28)25-17-22(27)26-13-11-20(12-14-26)15-18-7-3-1-4-8-18/h1-10,20-21H,11-17,24H2,(H,25,28)/t21-/m0/s1. The fourth-order valence-corrected chi connectivity index (χ4v) is 3.70. The van der Waals surface area contributed by atoms with Crippen LogP contribution in [0, 0.1) is 5.92 Å². The van der Waals surface area contributed by atoms with Gasteiger partial charge in [0.1, 0.15) is 0 Å². The van der Waals surface area contributed by atoms with Crippen LogP contribution in [0.4, 0.5) is 0 Å². The molecular formula is C23H29N3O2. The number of piperidine rings is 1. The Kier molecular flexibility index (Phi) is 7.20. The highest BCUT2D eigenvalue weighted by atomic mass is 16.2. The first-order valence-electron chi connectivity index (χ1n) is 10.0. The van der Waals surface area contributed by atoms with E-state index >= 15 is 0 Å². The Balaban J connectivity index is 1.37. The largest absolute Gasteiger partial charge is 0.346 e. The average molecular weight is 380 g/mol. The molecule has 5 nitrogen and oxygen atoms in total. The minimum atomic E-state index is -0.646. The first-order chi connectivity index (χ1) is 13.6. The average Bonchev–Trinajstić information content (AvgIpc) is 2.73. The summed E-state index contributed by atoms with van der Waals surface area (Å²) < 4.78 is 0. The molecule has 0 radical (unpaired) electrons. The van der Waals surface area contributed by atoms with E-state index in [1.54, 1.807) is 0 Å². The number of hydrogen-bond donors (Lipinski definition) is 2. The smallest absolute Gasteiger partial charge is 0.241 e. The summed E-state index contributed by atoms with van der Waals surface area (Å²) in [4.78, 5) is 26.5. The maximum absolute atomic E-state index is 12.4. The van der Waals surface area contributed by atoms with Crippen LogP contribution in [0.3, 0.4) is 0 Å². The number of nitrogens with zero attached hydrogens (tertiary/aromatic N) is 1. The molecule has 0 spiro atoms. The van der Waals surface area contributed by atoms with Gasteiger partial charge in [-0.15, -0.1) is 0 Å². The Bertz CT molecular complexity index is 756. The molecule has 28 heavy (non-hydrogen) atoms. The molecule has 1 heterocycles. The number of carbonyl (C=O) groups is 2. The molecule has 0 aromatic heterocycles. The van der Waals surface area contributed by atoms with Gasteiger partial charge in [0, 0.05) is 13.1 Å². The number of nitrogens with two attached hydrogens (primary N) is 1. The van der Waals surface area contributed by atoms with Crippen molar-refractivity contribution < 1.29 is 9.59 Å². The molecule has 0 unspecified atom stereocenters. The van der Waals surface area contributed by atoms with E-state index in [1.807, 2.05) is 41.3 Å². The van der Waals surface area contributed by atoms with E-state index in [2.05, 4.69) is 29.6 Å². The van der Waals surface area contributed by atoms with Crippen LogP contribution in [-0.2, 0) is 22.4 Å². The maximum atomic E-state index is 12.4. The molecule has 1 atom stereocenters. The van der Waals surface area contributed by atoms with Crippen molar-refractivity contribution in [3.8, 4) is 0 Å². The monoisotopic (exact) mass is 379 g/mol. The summed E-state index contributed by atoms with van der Waals surface area (Å²) >= 11 is 0. The van der Waals surface area contributed by atoms with Crippen molar-refractivity contribution in [1.82, 2.24) is 10.2 Å². The van der Waals surface area contributed by atoms with Crippen LogP contribution in [0.2, 0.25) is 0 Å². The van der Waals surface area contributed by atoms with Crippen LogP contribution in [0.25, 0.3) is 0 Å². The summed E-state index contributed by atoms with van der Waals surface area (Å²) in [6, 6.07) is 19.5. The fraction of sp³-hybridized carbons (Fsp3) is 0.391. The number of nitrogens with one attached hydrogen (secondary N) is 1. The topological polar surface area (TPSA) is 75.4 Å². The van der Waals surface area contributed by atoms with Crippen LogP contribution < -0.4 is 11.1 Å². The van der Waals surface area contributed by atoms with E-state index in [0.717, 1.165) is 37.9 Å². The minimum Gasteiger partial charge on any atom is -0.346 e. The molecule has 0 aliphatic carbocycles. The molecule has 1 aliphatic heterocycles.